The first kappa shape index (κ1) is 21.5. The van der Waals surface area contributed by atoms with Gasteiger partial charge in [0.15, 0.2) is 0 Å². The second kappa shape index (κ2) is 10.1. The van der Waals surface area contributed by atoms with E-state index in [0.717, 1.165) is 49.3 Å². The molecule has 6 heteroatoms. The SMILES string of the molecule is Cc1ccccc1C(=O)N1CCOC(CN2CCCN(C(=O)c3ccccc3)CC2)C1. The summed E-state index contributed by atoms with van der Waals surface area (Å²) in [5.74, 6) is 0.188. The van der Waals surface area contributed by atoms with Crippen LogP contribution < -0.4 is 0 Å². The van der Waals surface area contributed by atoms with Crippen molar-refractivity contribution in [2.45, 2.75) is 19.4 Å². The summed E-state index contributed by atoms with van der Waals surface area (Å²) in [4.78, 5) is 32.0. The van der Waals surface area contributed by atoms with Crippen LogP contribution in [-0.2, 0) is 4.74 Å². The van der Waals surface area contributed by atoms with E-state index in [1.165, 1.54) is 0 Å². The fraction of sp³-hybridized carbons (Fsp3) is 0.440. The van der Waals surface area contributed by atoms with Crippen LogP contribution >= 0.6 is 0 Å². The van der Waals surface area contributed by atoms with Crippen molar-refractivity contribution in [3.8, 4) is 0 Å². The number of amides is 2. The molecule has 2 aliphatic heterocycles. The van der Waals surface area contributed by atoms with E-state index in [9.17, 15) is 9.59 Å². The molecule has 164 valence electrons. The van der Waals surface area contributed by atoms with Crippen LogP contribution in [0.15, 0.2) is 54.6 Å². The highest BCUT2D eigenvalue weighted by molar-refractivity contribution is 5.95. The predicted octanol–water partition coefficient (Wildman–Crippen LogP) is 2.68. The molecule has 2 aromatic carbocycles. The van der Waals surface area contributed by atoms with Gasteiger partial charge in [0.2, 0.25) is 0 Å². The monoisotopic (exact) mass is 421 g/mol. The summed E-state index contributed by atoms with van der Waals surface area (Å²) in [6.07, 6.45) is 0.940. The van der Waals surface area contributed by atoms with E-state index in [2.05, 4.69) is 4.90 Å². The van der Waals surface area contributed by atoms with Crippen LogP contribution in [0.5, 0.6) is 0 Å². The van der Waals surface area contributed by atoms with Crippen molar-refractivity contribution in [3.63, 3.8) is 0 Å². The third-order valence-electron chi connectivity index (χ3n) is 6.16. The van der Waals surface area contributed by atoms with Crippen molar-refractivity contribution in [1.82, 2.24) is 14.7 Å². The van der Waals surface area contributed by atoms with Crippen molar-refractivity contribution >= 4 is 11.8 Å². The minimum absolute atomic E-state index is 0.00177. The molecule has 2 amide bonds. The Morgan fingerprint density at radius 2 is 1.65 bits per heavy atom. The zero-order chi connectivity index (χ0) is 21.6. The normalized spacial score (nSPS) is 20.4. The highest BCUT2D eigenvalue weighted by Crippen LogP contribution is 2.16. The number of nitrogens with zero attached hydrogens (tertiary/aromatic N) is 3. The maximum Gasteiger partial charge on any atom is 0.254 e. The van der Waals surface area contributed by atoms with Gasteiger partial charge in [-0.05, 0) is 43.7 Å². The van der Waals surface area contributed by atoms with Gasteiger partial charge >= 0.3 is 0 Å². The van der Waals surface area contributed by atoms with E-state index in [0.29, 0.717) is 26.2 Å². The number of benzene rings is 2. The minimum Gasteiger partial charge on any atom is -0.373 e. The van der Waals surface area contributed by atoms with Crippen LogP contribution in [0, 0.1) is 6.92 Å². The molecule has 0 aromatic heterocycles. The molecule has 1 unspecified atom stereocenters. The summed E-state index contributed by atoms with van der Waals surface area (Å²) in [6.45, 7) is 7.80. The summed E-state index contributed by atoms with van der Waals surface area (Å²) in [5.41, 5.74) is 2.52. The quantitative estimate of drug-likeness (QED) is 0.762. The van der Waals surface area contributed by atoms with Crippen LogP contribution in [0.3, 0.4) is 0 Å². The van der Waals surface area contributed by atoms with Crippen molar-refractivity contribution in [2.75, 3.05) is 52.4 Å². The molecular weight excluding hydrogens is 390 g/mol. The smallest absolute Gasteiger partial charge is 0.254 e. The lowest BCUT2D eigenvalue weighted by Gasteiger charge is -2.35. The Bertz CT molecular complexity index is 902. The lowest BCUT2D eigenvalue weighted by molar-refractivity contribution is -0.0353. The van der Waals surface area contributed by atoms with E-state index in [1.807, 2.05) is 71.3 Å². The molecule has 2 heterocycles. The van der Waals surface area contributed by atoms with Gasteiger partial charge in [-0.1, -0.05) is 36.4 Å². The molecule has 31 heavy (non-hydrogen) atoms. The van der Waals surface area contributed by atoms with Gasteiger partial charge in [-0.15, -0.1) is 0 Å². The number of hydrogen-bond donors (Lipinski definition) is 0. The van der Waals surface area contributed by atoms with E-state index in [4.69, 9.17) is 4.74 Å². The fourth-order valence-corrected chi connectivity index (χ4v) is 4.41. The third kappa shape index (κ3) is 5.32. The maximum atomic E-state index is 13.0. The molecule has 2 aromatic rings. The molecule has 1 atom stereocenters. The van der Waals surface area contributed by atoms with E-state index < -0.39 is 0 Å². The average Bonchev–Trinajstić information content (AvgIpc) is 3.05. The third-order valence-corrected chi connectivity index (χ3v) is 6.16. The number of ether oxygens (including phenoxy) is 1. The van der Waals surface area contributed by atoms with Crippen molar-refractivity contribution < 1.29 is 14.3 Å². The van der Waals surface area contributed by atoms with Gasteiger partial charge in [0.05, 0.1) is 12.7 Å². The molecule has 0 radical (unpaired) electrons. The molecule has 2 fully saturated rings. The van der Waals surface area contributed by atoms with Crippen LogP contribution in [-0.4, -0.2) is 85.0 Å². The van der Waals surface area contributed by atoms with Gasteiger partial charge in [0.25, 0.3) is 11.8 Å². The second-order valence-corrected chi connectivity index (χ2v) is 8.37. The number of rotatable bonds is 4. The van der Waals surface area contributed by atoms with Crippen LogP contribution in [0.4, 0.5) is 0 Å². The number of carbonyl (C=O) groups is 2. The van der Waals surface area contributed by atoms with Gasteiger partial charge in [0.1, 0.15) is 0 Å². The van der Waals surface area contributed by atoms with Gasteiger partial charge in [-0.2, -0.15) is 0 Å². The predicted molar refractivity (Wildman–Crippen MR) is 120 cm³/mol. The maximum absolute atomic E-state index is 13.0. The number of morpholine rings is 1. The Morgan fingerprint density at radius 1 is 0.871 bits per heavy atom. The molecule has 0 bridgehead atoms. The number of aryl methyl sites for hydroxylation is 1. The Kier molecular flexibility index (Phi) is 6.99. The van der Waals surface area contributed by atoms with Crippen molar-refractivity contribution in [2.24, 2.45) is 0 Å². The lowest BCUT2D eigenvalue weighted by atomic mass is 10.1. The van der Waals surface area contributed by atoms with Gasteiger partial charge in [-0.25, -0.2) is 0 Å². The number of carbonyl (C=O) groups excluding carboxylic acids is 2. The average molecular weight is 422 g/mol. The molecule has 0 N–H and O–H groups in total. The molecule has 2 aliphatic rings. The van der Waals surface area contributed by atoms with Gasteiger partial charge < -0.3 is 14.5 Å². The number of hydrogen-bond acceptors (Lipinski definition) is 4. The van der Waals surface area contributed by atoms with Crippen LogP contribution in [0.2, 0.25) is 0 Å². The Balaban J connectivity index is 1.31. The highest BCUT2D eigenvalue weighted by atomic mass is 16.5. The summed E-state index contributed by atoms with van der Waals surface area (Å²) in [7, 11) is 0. The van der Waals surface area contributed by atoms with E-state index in [-0.39, 0.29) is 17.9 Å². The van der Waals surface area contributed by atoms with Crippen LogP contribution in [0.1, 0.15) is 32.7 Å². The largest absolute Gasteiger partial charge is 0.373 e. The summed E-state index contributed by atoms with van der Waals surface area (Å²) in [5, 5.41) is 0. The van der Waals surface area contributed by atoms with E-state index in [1.54, 1.807) is 0 Å². The van der Waals surface area contributed by atoms with E-state index >= 15 is 0 Å². The van der Waals surface area contributed by atoms with Gasteiger partial charge in [-0.3, -0.25) is 14.5 Å². The van der Waals surface area contributed by atoms with Crippen LogP contribution in [0.25, 0.3) is 0 Å². The fourth-order valence-electron chi connectivity index (χ4n) is 4.41. The zero-order valence-corrected chi connectivity index (χ0v) is 18.2. The Hall–Kier alpha value is -2.70. The van der Waals surface area contributed by atoms with Gasteiger partial charge in [0, 0.05) is 50.4 Å². The molecule has 6 nitrogen and oxygen atoms in total. The minimum atomic E-state index is -0.00177. The van der Waals surface area contributed by atoms with Crippen molar-refractivity contribution in [3.05, 3.63) is 71.3 Å². The molecule has 0 aliphatic carbocycles. The summed E-state index contributed by atoms with van der Waals surface area (Å²) in [6, 6.07) is 17.2. The molecular formula is C25H31N3O3. The zero-order valence-electron chi connectivity index (χ0n) is 18.2. The second-order valence-electron chi connectivity index (χ2n) is 8.37. The standard InChI is InChI=1S/C25H31N3O3/c1-20-8-5-6-11-23(20)25(30)28-16-17-31-22(19-28)18-26-12-7-13-27(15-14-26)24(29)21-9-3-2-4-10-21/h2-6,8-11,22H,7,12-19H2,1H3. The molecule has 0 spiro atoms. The Labute approximate surface area is 184 Å². The van der Waals surface area contributed by atoms with Crippen molar-refractivity contribution in [1.29, 1.82) is 0 Å². The first-order chi connectivity index (χ1) is 15.1. The summed E-state index contributed by atoms with van der Waals surface area (Å²) >= 11 is 0. The first-order valence-electron chi connectivity index (χ1n) is 11.1. The Morgan fingerprint density at radius 3 is 2.45 bits per heavy atom. The first-order valence-corrected chi connectivity index (χ1v) is 11.1. The molecule has 0 saturated carbocycles. The highest BCUT2D eigenvalue weighted by Gasteiger charge is 2.28. The topological polar surface area (TPSA) is 53.1 Å². The molecule has 2 saturated heterocycles. The summed E-state index contributed by atoms with van der Waals surface area (Å²) < 4.78 is 6.00. The lowest BCUT2D eigenvalue weighted by Crippen LogP contribution is -2.50. The molecule has 4 rings (SSSR count).